The average molecular weight is 375 g/mol. The Balaban J connectivity index is 1.57. The first-order valence-electron chi connectivity index (χ1n) is 8.81. The molecular formula is C21H21N5O2. The minimum atomic E-state index is -0.356. The number of aryl methyl sites for hydroxylation is 1. The molecule has 0 aliphatic heterocycles. The van der Waals surface area contributed by atoms with Crippen LogP contribution in [0.3, 0.4) is 0 Å². The second kappa shape index (κ2) is 8.77. The maximum atomic E-state index is 12.3. The first-order valence-corrected chi connectivity index (χ1v) is 8.81. The molecule has 0 aliphatic rings. The number of aromatic nitrogens is 2. The van der Waals surface area contributed by atoms with E-state index in [1.54, 1.807) is 24.3 Å². The number of amides is 2. The van der Waals surface area contributed by atoms with Gasteiger partial charge in [0.25, 0.3) is 5.91 Å². The van der Waals surface area contributed by atoms with Gasteiger partial charge in [0, 0.05) is 24.8 Å². The van der Waals surface area contributed by atoms with Crippen molar-refractivity contribution in [1.82, 2.24) is 9.97 Å². The molecule has 1 aromatic heterocycles. The lowest BCUT2D eigenvalue weighted by Gasteiger charge is -2.09. The minimum Gasteiger partial charge on any atom is -0.365 e. The molecule has 0 saturated carbocycles. The van der Waals surface area contributed by atoms with E-state index in [9.17, 15) is 9.59 Å². The quantitative estimate of drug-likeness (QED) is 0.612. The van der Waals surface area contributed by atoms with E-state index >= 15 is 0 Å². The third kappa shape index (κ3) is 5.14. The number of carbonyl (C=O) groups is 2. The molecule has 0 aliphatic carbocycles. The number of rotatable bonds is 6. The largest absolute Gasteiger partial charge is 0.365 e. The number of anilines is 3. The lowest BCUT2D eigenvalue weighted by atomic mass is 10.1. The van der Waals surface area contributed by atoms with Gasteiger partial charge in [-0.1, -0.05) is 24.3 Å². The highest BCUT2D eigenvalue weighted by molar-refractivity contribution is 6.02. The minimum absolute atomic E-state index is 0.150. The van der Waals surface area contributed by atoms with Crippen LogP contribution in [0.15, 0.2) is 60.9 Å². The smallest absolute Gasteiger partial charge is 0.275 e. The maximum absolute atomic E-state index is 12.3. The molecule has 0 spiro atoms. The van der Waals surface area contributed by atoms with Crippen LogP contribution in [0.25, 0.3) is 0 Å². The van der Waals surface area contributed by atoms with Crippen LogP contribution in [-0.4, -0.2) is 21.8 Å². The van der Waals surface area contributed by atoms with Gasteiger partial charge in [0.1, 0.15) is 11.5 Å². The van der Waals surface area contributed by atoms with Gasteiger partial charge in [0.05, 0.1) is 12.4 Å². The molecule has 28 heavy (non-hydrogen) atoms. The van der Waals surface area contributed by atoms with Gasteiger partial charge in [-0.3, -0.25) is 9.59 Å². The summed E-state index contributed by atoms with van der Waals surface area (Å²) in [6.45, 7) is 4.13. The predicted molar refractivity (Wildman–Crippen MR) is 109 cm³/mol. The molecule has 0 fully saturated rings. The van der Waals surface area contributed by atoms with Crippen LogP contribution in [0.5, 0.6) is 0 Å². The summed E-state index contributed by atoms with van der Waals surface area (Å²) in [5.74, 6) is 0.0906. The highest BCUT2D eigenvalue weighted by atomic mass is 16.2. The molecule has 1 heterocycles. The lowest BCUT2D eigenvalue weighted by molar-refractivity contribution is -0.114. The number of hydrogen-bond donors (Lipinski definition) is 3. The van der Waals surface area contributed by atoms with E-state index in [1.807, 2.05) is 12.1 Å². The standard InChI is InChI=1S/C21H21N5O2/c1-14-5-3-4-6-16(14)11-23-20-13-22-19(12-24-20)21(28)26-18-9-7-17(8-10-18)25-15(2)27/h3-10,12-13H,11H2,1-2H3,(H,23,24)(H,25,27)(H,26,28). The maximum Gasteiger partial charge on any atom is 0.275 e. The van der Waals surface area contributed by atoms with Crippen LogP contribution in [0.2, 0.25) is 0 Å². The van der Waals surface area contributed by atoms with Crippen molar-refractivity contribution in [2.45, 2.75) is 20.4 Å². The molecule has 2 amide bonds. The molecule has 0 radical (unpaired) electrons. The Morgan fingerprint density at radius 1 is 0.893 bits per heavy atom. The van der Waals surface area contributed by atoms with Gasteiger partial charge in [-0.05, 0) is 42.3 Å². The van der Waals surface area contributed by atoms with Crippen LogP contribution in [-0.2, 0) is 11.3 Å². The third-order valence-electron chi connectivity index (χ3n) is 4.07. The summed E-state index contributed by atoms with van der Waals surface area (Å²) in [5.41, 5.74) is 3.85. The summed E-state index contributed by atoms with van der Waals surface area (Å²) < 4.78 is 0. The topological polar surface area (TPSA) is 96.0 Å². The number of hydrogen-bond acceptors (Lipinski definition) is 5. The number of carbonyl (C=O) groups excluding carboxylic acids is 2. The second-order valence-electron chi connectivity index (χ2n) is 6.28. The first-order chi connectivity index (χ1) is 13.5. The van der Waals surface area contributed by atoms with Gasteiger partial charge in [-0.15, -0.1) is 0 Å². The van der Waals surface area contributed by atoms with E-state index in [-0.39, 0.29) is 17.5 Å². The summed E-state index contributed by atoms with van der Waals surface area (Å²) in [7, 11) is 0. The summed E-state index contributed by atoms with van der Waals surface area (Å²) in [6.07, 6.45) is 2.97. The second-order valence-corrected chi connectivity index (χ2v) is 6.28. The van der Waals surface area contributed by atoms with Crippen LogP contribution >= 0.6 is 0 Å². The van der Waals surface area contributed by atoms with Gasteiger partial charge >= 0.3 is 0 Å². The van der Waals surface area contributed by atoms with E-state index in [2.05, 4.69) is 45.0 Å². The molecule has 142 valence electrons. The summed E-state index contributed by atoms with van der Waals surface area (Å²) in [5, 5.41) is 8.62. The molecule has 3 N–H and O–H groups in total. The molecule has 3 aromatic rings. The third-order valence-corrected chi connectivity index (χ3v) is 4.07. The highest BCUT2D eigenvalue weighted by Crippen LogP contribution is 2.15. The average Bonchev–Trinajstić information content (AvgIpc) is 2.69. The van der Waals surface area contributed by atoms with Crippen molar-refractivity contribution in [2.24, 2.45) is 0 Å². The molecular weight excluding hydrogens is 354 g/mol. The van der Waals surface area contributed by atoms with Crippen molar-refractivity contribution in [3.63, 3.8) is 0 Å². The molecule has 0 atom stereocenters. The lowest BCUT2D eigenvalue weighted by Crippen LogP contribution is -2.14. The predicted octanol–water partition coefficient (Wildman–Crippen LogP) is 3.61. The fraction of sp³-hybridized carbons (Fsp3) is 0.143. The molecule has 0 unspecified atom stereocenters. The SMILES string of the molecule is CC(=O)Nc1ccc(NC(=O)c2cnc(NCc3ccccc3C)cn2)cc1. The Labute approximate surface area is 163 Å². The zero-order valence-corrected chi connectivity index (χ0v) is 15.7. The Bertz CT molecular complexity index is 969. The molecule has 0 bridgehead atoms. The monoisotopic (exact) mass is 375 g/mol. The summed E-state index contributed by atoms with van der Waals surface area (Å²) in [6, 6.07) is 14.9. The zero-order chi connectivity index (χ0) is 19.9. The van der Waals surface area contributed by atoms with Crippen molar-refractivity contribution in [3.8, 4) is 0 Å². The molecule has 7 heteroatoms. The van der Waals surface area contributed by atoms with Crippen molar-refractivity contribution in [3.05, 3.63) is 77.7 Å². The van der Waals surface area contributed by atoms with Crippen LogP contribution in [0.1, 0.15) is 28.5 Å². The summed E-state index contributed by atoms with van der Waals surface area (Å²) >= 11 is 0. The highest BCUT2D eigenvalue weighted by Gasteiger charge is 2.09. The van der Waals surface area contributed by atoms with Crippen LogP contribution < -0.4 is 16.0 Å². The Hall–Kier alpha value is -3.74. The van der Waals surface area contributed by atoms with E-state index in [4.69, 9.17) is 0 Å². The fourth-order valence-corrected chi connectivity index (χ4v) is 2.57. The van der Waals surface area contributed by atoms with E-state index < -0.39 is 0 Å². The summed E-state index contributed by atoms with van der Waals surface area (Å²) in [4.78, 5) is 31.8. The van der Waals surface area contributed by atoms with E-state index in [0.29, 0.717) is 23.7 Å². The van der Waals surface area contributed by atoms with Gasteiger partial charge < -0.3 is 16.0 Å². The van der Waals surface area contributed by atoms with Crippen molar-refractivity contribution in [2.75, 3.05) is 16.0 Å². The molecule has 7 nitrogen and oxygen atoms in total. The van der Waals surface area contributed by atoms with Gasteiger partial charge in [-0.25, -0.2) is 9.97 Å². The molecule has 3 rings (SSSR count). The number of nitrogens with one attached hydrogen (secondary N) is 3. The van der Waals surface area contributed by atoms with E-state index in [0.717, 1.165) is 0 Å². The number of benzene rings is 2. The first kappa shape index (κ1) is 19.0. The molecule has 2 aromatic carbocycles. The van der Waals surface area contributed by atoms with Gasteiger partial charge in [-0.2, -0.15) is 0 Å². The van der Waals surface area contributed by atoms with E-state index in [1.165, 1.54) is 30.4 Å². The Morgan fingerprint density at radius 3 is 2.18 bits per heavy atom. The van der Waals surface area contributed by atoms with Crippen LogP contribution in [0, 0.1) is 6.92 Å². The van der Waals surface area contributed by atoms with Crippen molar-refractivity contribution < 1.29 is 9.59 Å². The zero-order valence-electron chi connectivity index (χ0n) is 15.7. The van der Waals surface area contributed by atoms with Gasteiger partial charge in [0.15, 0.2) is 0 Å². The van der Waals surface area contributed by atoms with Crippen molar-refractivity contribution >= 4 is 29.0 Å². The van der Waals surface area contributed by atoms with Gasteiger partial charge in [0.2, 0.25) is 5.91 Å². The van der Waals surface area contributed by atoms with Crippen LogP contribution in [0.4, 0.5) is 17.2 Å². The van der Waals surface area contributed by atoms with Crippen molar-refractivity contribution in [1.29, 1.82) is 0 Å². The Kier molecular flexibility index (Phi) is 5.96. The number of nitrogens with zero attached hydrogens (tertiary/aromatic N) is 2. The Morgan fingerprint density at radius 2 is 1.57 bits per heavy atom. The molecule has 0 saturated heterocycles. The fourth-order valence-electron chi connectivity index (χ4n) is 2.57. The normalized spacial score (nSPS) is 10.2.